The van der Waals surface area contributed by atoms with E-state index in [2.05, 4.69) is 22.0 Å². The van der Waals surface area contributed by atoms with Crippen LogP contribution < -0.4 is 5.32 Å². The first-order valence-electron chi connectivity index (χ1n) is 6.97. The average molecular weight is 241 g/mol. The Morgan fingerprint density at radius 3 is 2.53 bits per heavy atom. The highest BCUT2D eigenvalue weighted by atomic mass is 16.2. The van der Waals surface area contributed by atoms with Crippen LogP contribution in [0.2, 0.25) is 0 Å². The van der Waals surface area contributed by atoms with E-state index in [4.69, 9.17) is 0 Å². The summed E-state index contributed by atoms with van der Waals surface area (Å²) in [6.07, 6.45) is 4.05. The van der Waals surface area contributed by atoms with Crippen molar-refractivity contribution in [1.29, 1.82) is 0 Å². The lowest BCUT2D eigenvalue weighted by Crippen LogP contribution is -2.42. The average Bonchev–Trinajstić information content (AvgIpc) is 2.36. The molecule has 1 N–H and O–H groups in total. The molecule has 0 atom stereocenters. The number of carbonyl (C=O) groups is 1. The molecule has 100 valence electrons. The Balaban J connectivity index is 2.19. The zero-order valence-electron chi connectivity index (χ0n) is 11.4. The van der Waals surface area contributed by atoms with Crippen LogP contribution in [0.25, 0.3) is 0 Å². The molecule has 17 heavy (non-hydrogen) atoms. The van der Waals surface area contributed by atoms with Gasteiger partial charge >= 0.3 is 0 Å². The van der Waals surface area contributed by atoms with E-state index in [1.807, 2.05) is 6.92 Å². The van der Waals surface area contributed by atoms with E-state index in [0.717, 1.165) is 26.2 Å². The molecule has 4 nitrogen and oxygen atoms in total. The van der Waals surface area contributed by atoms with Crippen molar-refractivity contribution in [1.82, 2.24) is 15.1 Å². The second-order valence-corrected chi connectivity index (χ2v) is 4.72. The molecule has 1 saturated heterocycles. The van der Waals surface area contributed by atoms with E-state index in [-0.39, 0.29) is 5.91 Å². The second kappa shape index (κ2) is 8.48. The van der Waals surface area contributed by atoms with Crippen LogP contribution in [0.15, 0.2) is 0 Å². The second-order valence-electron chi connectivity index (χ2n) is 4.72. The molecule has 1 aliphatic heterocycles. The van der Waals surface area contributed by atoms with E-state index in [0.29, 0.717) is 6.54 Å². The van der Waals surface area contributed by atoms with Crippen molar-refractivity contribution in [2.45, 2.75) is 33.1 Å². The number of likely N-dealkylation sites (N-methyl/N-ethyl adjacent to an activating group) is 2. The Labute approximate surface area is 105 Å². The van der Waals surface area contributed by atoms with E-state index < -0.39 is 0 Å². The SMILES string of the molecule is CCNC(=O)CN(CC)CCN1CCCCC1. The lowest BCUT2D eigenvalue weighted by atomic mass is 10.1. The third kappa shape index (κ3) is 6.03. The van der Waals surface area contributed by atoms with E-state index in [9.17, 15) is 4.79 Å². The number of hydrogen-bond donors (Lipinski definition) is 1. The summed E-state index contributed by atoms with van der Waals surface area (Å²) in [4.78, 5) is 16.2. The van der Waals surface area contributed by atoms with Gasteiger partial charge in [0.15, 0.2) is 0 Å². The van der Waals surface area contributed by atoms with Gasteiger partial charge in [-0.05, 0) is 39.4 Å². The molecular weight excluding hydrogens is 214 g/mol. The van der Waals surface area contributed by atoms with Gasteiger partial charge in [-0.3, -0.25) is 9.69 Å². The molecule has 0 spiro atoms. The fourth-order valence-corrected chi connectivity index (χ4v) is 2.27. The topological polar surface area (TPSA) is 35.6 Å². The van der Waals surface area contributed by atoms with Crippen LogP contribution in [0, 0.1) is 0 Å². The van der Waals surface area contributed by atoms with E-state index >= 15 is 0 Å². The molecule has 1 rings (SSSR count). The zero-order chi connectivity index (χ0) is 12.5. The van der Waals surface area contributed by atoms with Crippen LogP contribution in [-0.2, 0) is 4.79 Å². The highest BCUT2D eigenvalue weighted by molar-refractivity contribution is 5.77. The van der Waals surface area contributed by atoms with Crippen molar-refractivity contribution in [3.05, 3.63) is 0 Å². The summed E-state index contributed by atoms with van der Waals surface area (Å²) >= 11 is 0. The molecule has 1 aliphatic rings. The minimum Gasteiger partial charge on any atom is -0.355 e. The van der Waals surface area contributed by atoms with Gasteiger partial charge in [0.25, 0.3) is 0 Å². The number of hydrogen-bond acceptors (Lipinski definition) is 3. The maximum Gasteiger partial charge on any atom is 0.234 e. The quantitative estimate of drug-likeness (QED) is 0.720. The zero-order valence-corrected chi connectivity index (χ0v) is 11.4. The highest BCUT2D eigenvalue weighted by Crippen LogP contribution is 2.07. The van der Waals surface area contributed by atoms with Crippen molar-refractivity contribution in [3.63, 3.8) is 0 Å². The number of piperidine rings is 1. The molecule has 1 amide bonds. The lowest BCUT2D eigenvalue weighted by Gasteiger charge is -2.29. The predicted octanol–water partition coefficient (Wildman–Crippen LogP) is 0.930. The van der Waals surface area contributed by atoms with Gasteiger partial charge in [0, 0.05) is 19.6 Å². The Bertz CT molecular complexity index is 215. The first-order chi connectivity index (χ1) is 8.26. The summed E-state index contributed by atoms with van der Waals surface area (Å²) in [5.41, 5.74) is 0. The Kier molecular flexibility index (Phi) is 7.21. The van der Waals surface area contributed by atoms with Crippen LogP contribution >= 0.6 is 0 Å². The number of amides is 1. The molecular formula is C13H27N3O. The van der Waals surface area contributed by atoms with Crippen LogP contribution in [-0.4, -0.2) is 61.5 Å². The van der Waals surface area contributed by atoms with Crippen LogP contribution in [0.3, 0.4) is 0 Å². The van der Waals surface area contributed by atoms with Gasteiger partial charge in [-0.15, -0.1) is 0 Å². The van der Waals surface area contributed by atoms with Crippen molar-refractivity contribution in [3.8, 4) is 0 Å². The Hall–Kier alpha value is -0.610. The van der Waals surface area contributed by atoms with Crippen molar-refractivity contribution >= 4 is 5.91 Å². The summed E-state index contributed by atoms with van der Waals surface area (Å²) in [7, 11) is 0. The van der Waals surface area contributed by atoms with Crippen molar-refractivity contribution < 1.29 is 4.79 Å². The number of nitrogens with zero attached hydrogens (tertiary/aromatic N) is 2. The fraction of sp³-hybridized carbons (Fsp3) is 0.923. The fourth-order valence-electron chi connectivity index (χ4n) is 2.27. The monoisotopic (exact) mass is 241 g/mol. The molecule has 1 fully saturated rings. The number of likely N-dealkylation sites (tertiary alicyclic amines) is 1. The van der Waals surface area contributed by atoms with Crippen molar-refractivity contribution in [2.75, 3.05) is 45.8 Å². The first-order valence-corrected chi connectivity index (χ1v) is 6.97. The van der Waals surface area contributed by atoms with Gasteiger partial charge in [-0.25, -0.2) is 0 Å². The predicted molar refractivity (Wildman–Crippen MR) is 71.1 cm³/mol. The lowest BCUT2D eigenvalue weighted by molar-refractivity contribution is -0.122. The van der Waals surface area contributed by atoms with Gasteiger partial charge in [-0.2, -0.15) is 0 Å². The molecule has 0 aromatic carbocycles. The van der Waals surface area contributed by atoms with Gasteiger partial charge in [0.2, 0.25) is 5.91 Å². The van der Waals surface area contributed by atoms with Gasteiger partial charge in [0.1, 0.15) is 0 Å². The van der Waals surface area contributed by atoms with Crippen LogP contribution in [0.1, 0.15) is 33.1 Å². The summed E-state index contributed by atoms with van der Waals surface area (Å²) in [5.74, 6) is 0.146. The molecule has 0 radical (unpaired) electrons. The normalized spacial score (nSPS) is 17.4. The molecule has 1 heterocycles. The summed E-state index contributed by atoms with van der Waals surface area (Å²) in [6.45, 7) is 10.9. The third-order valence-corrected chi connectivity index (χ3v) is 3.37. The smallest absolute Gasteiger partial charge is 0.234 e. The minimum atomic E-state index is 0.146. The Morgan fingerprint density at radius 2 is 1.94 bits per heavy atom. The molecule has 0 aromatic heterocycles. The number of carbonyl (C=O) groups excluding carboxylic acids is 1. The molecule has 4 heteroatoms. The summed E-state index contributed by atoms with van der Waals surface area (Å²) in [5, 5.41) is 2.85. The largest absolute Gasteiger partial charge is 0.355 e. The minimum absolute atomic E-state index is 0.146. The summed E-state index contributed by atoms with van der Waals surface area (Å²) in [6, 6.07) is 0. The molecule has 0 bridgehead atoms. The van der Waals surface area contributed by atoms with Gasteiger partial charge in [0.05, 0.1) is 6.54 Å². The first kappa shape index (κ1) is 14.5. The van der Waals surface area contributed by atoms with Crippen LogP contribution in [0.4, 0.5) is 0 Å². The molecule has 0 unspecified atom stereocenters. The third-order valence-electron chi connectivity index (χ3n) is 3.37. The molecule has 0 aromatic rings. The highest BCUT2D eigenvalue weighted by Gasteiger charge is 2.12. The maximum atomic E-state index is 11.5. The maximum absolute atomic E-state index is 11.5. The number of rotatable bonds is 7. The Morgan fingerprint density at radius 1 is 1.24 bits per heavy atom. The van der Waals surface area contributed by atoms with Crippen LogP contribution in [0.5, 0.6) is 0 Å². The number of nitrogens with one attached hydrogen (secondary N) is 1. The van der Waals surface area contributed by atoms with Crippen molar-refractivity contribution in [2.24, 2.45) is 0 Å². The standard InChI is InChI=1S/C13H27N3O/c1-3-14-13(17)12-15(4-2)10-11-16-8-6-5-7-9-16/h3-12H2,1-2H3,(H,14,17). The molecule has 0 aliphatic carbocycles. The summed E-state index contributed by atoms with van der Waals surface area (Å²) < 4.78 is 0. The molecule has 0 saturated carbocycles. The van der Waals surface area contributed by atoms with E-state index in [1.54, 1.807) is 0 Å². The van der Waals surface area contributed by atoms with Gasteiger partial charge in [-0.1, -0.05) is 13.3 Å². The van der Waals surface area contributed by atoms with Gasteiger partial charge < -0.3 is 10.2 Å². The van der Waals surface area contributed by atoms with E-state index in [1.165, 1.54) is 32.4 Å².